The number of fused-ring (bicyclic) bond motifs is 1. The van der Waals surface area contributed by atoms with Crippen molar-refractivity contribution in [1.29, 1.82) is 0 Å². The maximum absolute atomic E-state index is 7.33. The predicted molar refractivity (Wildman–Crippen MR) is 52.0 cm³/mol. The van der Waals surface area contributed by atoms with Gasteiger partial charge in [0.2, 0.25) is 0 Å². The summed E-state index contributed by atoms with van der Waals surface area (Å²) in [6.07, 6.45) is 3.69. The Bertz CT molecular complexity index is 193. The Kier molecular flexibility index (Phi) is 4.49. The van der Waals surface area contributed by atoms with Crippen molar-refractivity contribution in [2.45, 2.75) is 24.7 Å². The van der Waals surface area contributed by atoms with Gasteiger partial charge < -0.3 is 19.3 Å². The molecule has 1 N–H and O–H groups in total. The molecule has 2 saturated heterocycles. The van der Waals surface area contributed by atoms with Gasteiger partial charge in [-0.25, -0.2) is 0 Å². The standard InChI is InChI=1S/C8H12O3.C2H4O/c1-2-9-7-5-11-6-3-4-10-8(6)7;1-2-3/h2,6-8H,1,3-5H2;2-3H,1H2. The normalized spacial score (nSPS) is 33.9. The smallest absolute Gasteiger partial charge is 0.150 e. The van der Waals surface area contributed by atoms with Gasteiger partial charge in [0.25, 0.3) is 0 Å². The lowest BCUT2D eigenvalue weighted by molar-refractivity contribution is 0.0104. The van der Waals surface area contributed by atoms with Crippen LogP contribution in [0.3, 0.4) is 0 Å². The van der Waals surface area contributed by atoms with E-state index in [0.717, 1.165) is 19.3 Å². The topological polar surface area (TPSA) is 47.9 Å². The molecule has 0 aromatic heterocycles. The molecule has 3 unspecified atom stereocenters. The minimum atomic E-state index is 0.0694. The number of aliphatic hydroxyl groups excluding tert-OH is 1. The fraction of sp³-hybridized carbons (Fsp3) is 0.600. The third-order valence-electron chi connectivity index (χ3n) is 2.19. The van der Waals surface area contributed by atoms with E-state index in [9.17, 15) is 0 Å². The summed E-state index contributed by atoms with van der Waals surface area (Å²) in [6.45, 7) is 7.86. The molecule has 4 heteroatoms. The molecule has 0 aliphatic carbocycles. The highest BCUT2D eigenvalue weighted by Gasteiger charge is 2.42. The second-order valence-corrected chi connectivity index (χ2v) is 3.02. The van der Waals surface area contributed by atoms with Gasteiger partial charge in [-0.05, 0) is 6.42 Å². The lowest BCUT2D eigenvalue weighted by Crippen LogP contribution is -2.28. The van der Waals surface area contributed by atoms with E-state index < -0.39 is 0 Å². The van der Waals surface area contributed by atoms with Crippen LogP contribution in [0.25, 0.3) is 0 Å². The SMILES string of the molecule is C=CO.C=COC1COC2CCOC12. The minimum Gasteiger partial charge on any atom is -0.516 e. The van der Waals surface area contributed by atoms with Crippen molar-refractivity contribution >= 4 is 0 Å². The van der Waals surface area contributed by atoms with E-state index in [1.54, 1.807) is 0 Å². The van der Waals surface area contributed by atoms with Crippen molar-refractivity contribution in [1.82, 2.24) is 0 Å². The molecule has 2 heterocycles. The van der Waals surface area contributed by atoms with Crippen LogP contribution in [0, 0.1) is 0 Å². The fourth-order valence-electron chi connectivity index (χ4n) is 1.67. The fourth-order valence-corrected chi connectivity index (χ4v) is 1.67. The van der Waals surface area contributed by atoms with Gasteiger partial charge in [0, 0.05) is 6.61 Å². The molecule has 14 heavy (non-hydrogen) atoms. The molecule has 4 nitrogen and oxygen atoms in total. The van der Waals surface area contributed by atoms with Gasteiger partial charge in [0.1, 0.15) is 12.2 Å². The van der Waals surface area contributed by atoms with E-state index in [1.807, 2.05) is 0 Å². The number of hydrogen-bond acceptors (Lipinski definition) is 4. The number of aliphatic hydroxyl groups is 1. The highest BCUT2D eigenvalue weighted by Crippen LogP contribution is 2.28. The molecule has 0 radical (unpaired) electrons. The first-order chi connectivity index (χ1) is 6.83. The summed E-state index contributed by atoms with van der Waals surface area (Å²) in [6, 6.07) is 0. The second kappa shape index (κ2) is 5.67. The van der Waals surface area contributed by atoms with Crippen molar-refractivity contribution in [2.24, 2.45) is 0 Å². The Morgan fingerprint density at radius 3 is 2.71 bits per heavy atom. The Morgan fingerprint density at radius 1 is 1.36 bits per heavy atom. The summed E-state index contributed by atoms with van der Waals surface area (Å²) >= 11 is 0. The molecular weight excluding hydrogens is 184 g/mol. The summed E-state index contributed by atoms with van der Waals surface area (Å²) in [7, 11) is 0. The van der Waals surface area contributed by atoms with Crippen LogP contribution >= 0.6 is 0 Å². The number of hydrogen-bond donors (Lipinski definition) is 1. The maximum Gasteiger partial charge on any atom is 0.150 e. The van der Waals surface area contributed by atoms with Crippen LogP contribution in [-0.4, -0.2) is 36.6 Å². The summed E-state index contributed by atoms with van der Waals surface area (Å²) in [4.78, 5) is 0. The van der Waals surface area contributed by atoms with E-state index in [-0.39, 0.29) is 18.3 Å². The molecule has 80 valence electrons. The highest BCUT2D eigenvalue weighted by atomic mass is 16.6. The van der Waals surface area contributed by atoms with Gasteiger partial charge in [0.05, 0.1) is 25.2 Å². The molecule has 0 aromatic rings. The molecule has 0 saturated carbocycles. The molecule has 2 fully saturated rings. The Balaban J connectivity index is 0.000000293. The zero-order chi connectivity index (χ0) is 10.4. The van der Waals surface area contributed by atoms with Crippen LogP contribution in [-0.2, 0) is 14.2 Å². The average molecular weight is 200 g/mol. The average Bonchev–Trinajstić information content (AvgIpc) is 2.71. The Morgan fingerprint density at radius 2 is 2.07 bits per heavy atom. The van der Waals surface area contributed by atoms with Gasteiger partial charge in [0.15, 0.2) is 0 Å². The van der Waals surface area contributed by atoms with Gasteiger partial charge in [-0.2, -0.15) is 0 Å². The van der Waals surface area contributed by atoms with Gasteiger partial charge in [-0.1, -0.05) is 13.2 Å². The van der Waals surface area contributed by atoms with Gasteiger partial charge in [-0.15, -0.1) is 0 Å². The summed E-state index contributed by atoms with van der Waals surface area (Å²) in [5.74, 6) is 0. The molecule has 0 amide bonds. The van der Waals surface area contributed by atoms with Gasteiger partial charge in [-0.3, -0.25) is 0 Å². The first-order valence-electron chi connectivity index (χ1n) is 4.58. The quantitative estimate of drug-likeness (QED) is 0.684. The molecule has 2 rings (SSSR count). The van der Waals surface area contributed by atoms with Crippen LogP contribution in [0.15, 0.2) is 25.7 Å². The van der Waals surface area contributed by atoms with Crippen molar-refractivity contribution in [3.05, 3.63) is 25.7 Å². The largest absolute Gasteiger partial charge is 0.516 e. The Labute approximate surface area is 83.8 Å². The van der Waals surface area contributed by atoms with Crippen molar-refractivity contribution in [3.8, 4) is 0 Å². The summed E-state index contributed by atoms with van der Waals surface area (Å²) in [5, 5.41) is 7.33. The molecular formula is C10H16O4. The minimum absolute atomic E-state index is 0.0694. The van der Waals surface area contributed by atoms with Crippen molar-refractivity contribution < 1.29 is 19.3 Å². The van der Waals surface area contributed by atoms with Gasteiger partial charge >= 0.3 is 0 Å². The van der Waals surface area contributed by atoms with E-state index in [2.05, 4.69) is 13.2 Å². The zero-order valence-electron chi connectivity index (χ0n) is 8.09. The third kappa shape index (κ3) is 2.49. The van der Waals surface area contributed by atoms with Crippen molar-refractivity contribution in [2.75, 3.05) is 13.2 Å². The van der Waals surface area contributed by atoms with Crippen LogP contribution in [0.2, 0.25) is 0 Å². The number of ether oxygens (including phenoxy) is 3. The van der Waals surface area contributed by atoms with E-state index in [1.165, 1.54) is 6.26 Å². The third-order valence-corrected chi connectivity index (χ3v) is 2.19. The van der Waals surface area contributed by atoms with Crippen molar-refractivity contribution in [3.63, 3.8) is 0 Å². The molecule has 0 bridgehead atoms. The van der Waals surface area contributed by atoms with Crippen LogP contribution in [0.5, 0.6) is 0 Å². The van der Waals surface area contributed by atoms with Crippen LogP contribution in [0.4, 0.5) is 0 Å². The van der Waals surface area contributed by atoms with Crippen LogP contribution in [0.1, 0.15) is 6.42 Å². The first-order valence-corrected chi connectivity index (χ1v) is 4.58. The monoisotopic (exact) mass is 200 g/mol. The molecule has 0 spiro atoms. The molecule has 3 atom stereocenters. The Hall–Kier alpha value is -1.00. The summed E-state index contributed by atoms with van der Waals surface area (Å²) < 4.78 is 16.1. The van der Waals surface area contributed by atoms with Crippen LogP contribution < -0.4 is 0 Å². The lowest BCUT2D eigenvalue weighted by Gasteiger charge is -2.14. The highest BCUT2D eigenvalue weighted by molar-refractivity contribution is 4.90. The predicted octanol–water partition coefficient (Wildman–Crippen LogP) is 1.39. The molecule has 2 aliphatic heterocycles. The summed E-state index contributed by atoms with van der Waals surface area (Å²) in [5.41, 5.74) is 0. The first kappa shape index (κ1) is 11.1. The zero-order valence-corrected chi connectivity index (χ0v) is 8.09. The number of rotatable bonds is 2. The van der Waals surface area contributed by atoms with E-state index >= 15 is 0 Å². The maximum atomic E-state index is 7.33. The van der Waals surface area contributed by atoms with E-state index in [0.29, 0.717) is 6.61 Å². The van der Waals surface area contributed by atoms with E-state index in [4.69, 9.17) is 19.3 Å². The lowest BCUT2D eigenvalue weighted by atomic mass is 10.1. The molecule has 2 aliphatic rings. The second-order valence-electron chi connectivity index (χ2n) is 3.02. The molecule has 0 aromatic carbocycles.